The van der Waals surface area contributed by atoms with E-state index in [1.165, 1.54) is 0 Å². The summed E-state index contributed by atoms with van der Waals surface area (Å²) >= 11 is 0. The van der Waals surface area contributed by atoms with Crippen molar-refractivity contribution >= 4 is 11.8 Å². The monoisotopic (exact) mass is 294 g/mol. The molecular weight excluding hydrogens is 268 g/mol. The summed E-state index contributed by atoms with van der Waals surface area (Å²) in [6, 6.07) is 0. The maximum absolute atomic E-state index is 12.9. The third kappa shape index (κ3) is 2.93. The number of carbonyl (C=O) groups excluding carboxylic acids is 2. The number of carbonyl (C=O) groups is 2. The van der Waals surface area contributed by atoms with Crippen LogP contribution in [-0.4, -0.2) is 47.0 Å². The van der Waals surface area contributed by atoms with E-state index in [0.29, 0.717) is 25.4 Å². The van der Waals surface area contributed by atoms with Crippen molar-refractivity contribution in [2.45, 2.75) is 70.1 Å². The molecule has 3 rings (SSSR count). The summed E-state index contributed by atoms with van der Waals surface area (Å²) < 4.78 is 6.01. The predicted molar refractivity (Wildman–Crippen MR) is 78.7 cm³/mol. The lowest BCUT2D eigenvalue weighted by molar-refractivity contribution is -0.141. The van der Waals surface area contributed by atoms with Crippen LogP contribution in [-0.2, 0) is 14.3 Å². The van der Waals surface area contributed by atoms with Crippen LogP contribution in [0.25, 0.3) is 0 Å². The van der Waals surface area contributed by atoms with E-state index in [1.807, 2.05) is 11.8 Å². The molecule has 21 heavy (non-hydrogen) atoms. The molecule has 0 aromatic rings. The highest BCUT2D eigenvalue weighted by atomic mass is 16.5. The number of nitrogens with one attached hydrogen (secondary N) is 1. The fraction of sp³-hybridized carbons (Fsp3) is 0.875. The molecule has 3 aliphatic rings. The fourth-order valence-electron chi connectivity index (χ4n) is 3.64. The summed E-state index contributed by atoms with van der Waals surface area (Å²) in [7, 11) is 0. The van der Waals surface area contributed by atoms with Crippen molar-refractivity contribution in [1.82, 2.24) is 10.2 Å². The van der Waals surface area contributed by atoms with Gasteiger partial charge in [-0.3, -0.25) is 9.59 Å². The summed E-state index contributed by atoms with van der Waals surface area (Å²) in [5, 5.41) is 2.97. The molecular formula is C16H26N2O3. The van der Waals surface area contributed by atoms with Crippen molar-refractivity contribution in [3.8, 4) is 0 Å². The van der Waals surface area contributed by atoms with Gasteiger partial charge >= 0.3 is 0 Å². The molecule has 5 nitrogen and oxygen atoms in total. The summed E-state index contributed by atoms with van der Waals surface area (Å²) in [5.41, 5.74) is -0.796. The zero-order chi connectivity index (χ0) is 15.3. The highest BCUT2D eigenvalue weighted by Crippen LogP contribution is 2.41. The largest absolute Gasteiger partial charge is 0.371 e. The molecule has 3 fully saturated rings. The summed E-state index contributed by atoms with van der Waals surface area (Å²) in [6.07, 6.45) is 4.56. The summed E-state index contributed by atoms with van der Waals surface area (Å²) in [4.78, 5) is 26.7. The molecule has 1 aliphatic carbocycles. The van der Waals surface area contributed by atoms with E-state index >= 15 is 0 Å². The van der Waals surface area contributed by atoms with Crippen LogP contribution in [0.2, 0.25) is 0 Å². The summed E-state index contributed by atoms with van der Waals surface area (Å²) in [6.45, 7) is 7.20. The van der Waals surface area contributed by atoms with E-state index in [2.05, 4.69) is 19.2 Å². The van der Waals surface area contributed by atoms with Crippen LogP contribution >= 0.6 is 0 Å². The van der Waals surface area contributed by atoms with Crippen LogP contribution in [0.1, 0.15) is 52.9 Å². The smallest absolute Gasteiger partial charge is 0.248 e. The molecule has 2 heterocycles. The molecule has 2 saturated heterocycles. The Balaban J connectivity index is 1.72. The van der Waals surface area contributed by atoms with Gasteiger partial charge < -0.3 is 15.0 Å². The average Bonchev–Trinajstić information content (AvgIpc) is 3.19. The van der Waals surface area contributed by atoms with Crippen LogP contribution in [0.5, 0.6) is 0 Å². The Morgan fingerprint density at radius 1 is 1.24 bits per heavy atom. The van der Waals surface area contributed by atoms with Gasteiger partial charge in [-0.2, -0.15) is 0 Å². The van der Waals surface area contributed by atoms with E-state index in [4.69, 9.17) is 4.74 Å². The second kappa shape index (κ2) is 4.97. The number of hydrogen-bond donors (Lipinski definition) is 1. The van der Waals surface area contributed by atoms with Crippen LogP contribution in [0, 0.1) is 5.92 Å². The average molecular weight is 294 g/mol. The van der Waals surface area contributed by atoms with Gasteiger partial charge in [0.2, 0.25) is 11.8 Å². The van der Waals surface area contributed by atoms with E-state index in [9.17, 15) is 9.59 Å². The molecule has 2 aliphatic heterocycles. The number of rotatable bonds is 3. The van der Waals surface area contributed by atoms with E-state index in [0.717, 1.165) is 25.7 Å². The molecule has 118 valence electrons. The second-order valence-corrected chi connectivity index (χ2v) is 7.56. The third-order valence-corrected chi connectivity index (χ3v) is 5.11. The van der Waals surface area contributed by atoms with Crippen molar-refractivity contribution in [3.05, 3.63) is 0 Å². The highest BCUT2D eigenvalue weighted by molar-refractivity contribution is 5.93. The molecule has 2 unspecified atom stereocenters. The second-order valence-electron chi connectivity index (χ2n) is 7.56. The third-order valence-electron chi connectivity index (χ3n) is 5.11. The minimum Gasteiger partial charge on any atom is -0.371 e. The molecule has 0 radical (unpaired) electrons. The molecule has 1 N–H and O–H groups in total. The quantitative estimate of drug-likeness (QED) is 0.857. The Morgan fingerprint density at radius 3 is 2.52 bits per heavy atom. The van der Waals surface area contributed by atoms with E-state index in [1.54, 1.807) is 0 Å². The standard InChI is InChI=1S/C16H26N2O3/c1-15(2)8-6-12(21-15)10-18-9-7-13(19)17-16(3,14(18)20)11-4-5-11/h11-12H,4-10H2,1-3H3,(H,17,19). The number of hydrogen-bond acceptors (Lipinski definition) is 3. The Bertz CT molecular complexity index is 458. The Morgan fingerprint density at radius 2 is 1.95 bits per heavy atom. The van der Waals surface area contributed by atoms with Crippen LogP contribution < -0.4 is 5.32 Å². The minimum atomic E-state index is -0.707. The molecule has 1 saturated carbocycles. The molecule has 0 aromatic heterocycles. The maximum Gasteiger partial charge on any atom is 0.248 e. The maximum atomic E-state index is 12.9. The van der Waals surface area contributed by atoms with Crippen LogP contribution in [0.4, 0.5) is 0 Å². The predicted octanol–water partition coefficient (Wildman–Crippen LogP) is 1.46. The first kappa shape index (κ1) is 14.8. The molecule has 2 amide bonds. The van der Waals surface area contributed by atoms with Gasteiger partial charge in [-0.25, -0.2) is 0 Å². The number of amides is 2. The lowest BCUT2D eigenvalue weighted by Gasteiger charge is -2.33. The SMILES string of the molecule is CC1(C)CCC(CN2CCC(=O)NC(C)(C3CC3)C2=O)O1. The summed E-state index contributed by atoms with van der Waals surface area (Å²) in [5.74, 6) is 0.368. The first-order valence-corrected chi connectivity index (χ1v) is 8.08. The van der Waals surface area contributed by atoms with Gasteiger partial charge in [0.25, 0.3) is 0 Å². The van der Waals surface area contributed by atoms with Crippen molar-refractivity contribution in [3.63, 3.8) is 0 Å². The van der Waals surface area contributed by atoms with E-state index in [-0.39, 0.29) is 23.5 Å². The van der Waals surface area contributed by atoms with Crippen molar-refractivity contribution in [2.75, 3.05) is 13.1 Å². The lowest BCUT2D eigenvalue weighted by Crippen LogP contribution is -2.57. The van der Waals surface area contributed by atoms with Gasteiger partial charge in [-0.05, 0) is 52.4 Å². The van der Waals surface area contributed by atoms with Crippen molar-refractivity contribution in [1.29, 1.82) is 0 Å². The number of nitrogens with zero attached hydrogens (tertiary/aromatic N) is 1. The van der Waals surface area contributed by atoms with Gasteiger partial charge in [0.1, 0.15) is 5.54 Å². The highest BCUT2D eigenvalue weighted by Gasteiger charge is 2.51. The van der Waals surface area contributed by atoms with Gasteiger partial charge in [-0.15, -0.1) is 0 Å². The molecule has 5 heteroatoms. The van der Waals surface area contributed by atoms with Crippen LogP contribution in [0.15, 0.2) is 0 Å². The van der Waals surface area contributed by atoms with Gasteiger partial charge in [0, 0.05) is 19.5 Å². The molecule has 2 atom stereocenters. The topological polar surface area (TPSA) is 58.6 Å². The zero-order valence-corrected chi connectivity index (χ0v) is 13.3. The Hall–Kier alpha value is -1.10. The first-order valence-electron chi connectivity index (χ1n) is 8.08. The molecule has 0 aromatic carbocycles. The fourth-order valence-corrected chi connectivity index (χ4v) is 3.64. The minimum absolute atomic E-state index is 0.00656. The van der Waals surface area contributed by atoms with Crippen molar-refractivity contribution < 1.29 is 14.3 Å². The molecule has 0 bridgehead atoms. The first-order chi connectivity index (χ1) is 9.80. The van der Waals surface area contributed by atoms with Crippen molar-refractivity contribution in [2.24, 2.45) is 5.92 Å². The lowest BCUT2D eigenvalue weighted by atomic mass is 9.94. The van der Waals surface area contributed by atoms with Gasteiger partial charge in [-0.1, -0.05) is 0 Å². The number of ether oxygens (including phenoxy) is 1. The Kier molecular flexibility index (Phi) is 3.51. The van der Waals surface area contributed by atoms with Gasteiger partial charge in [0.05, 0.1) is 11.7 Å². The van der Waals surface area contributed by atoms with Crippen LogP contribution in [0.3, 0.4) is 0 Å². The zero-order valence-electron chi connectivity index (χ0n) is 13.3. The van der Waals surface area contributed by atoms with Gasteiger partial charge in [0.15, 0.2) is 0 Å². The van der Waals surface area contributed by atoms with E-state index < -0.39 is 5.54 Å². The molecule has 0 spiro atoms. The normalized spacial score (nSPS) is 36.5. The Labute approximate surface area is 126 Å².